The molecule has 3 aliphatic carbocycles. The molecule has 0 aromatic heterocycles. The third kappa shape index (κ3) is 3.77. The second-order valence-corrected chi connectivity index (χ2v) is 11.7. The fourth-order valence-corrected chi connectivity index (χ4v) is 7.11. The van der Waals surface area contributed by atoms with E-state index in [1.807, 2.05) is 7.05 Å². The van der Waals surface area contributed by atoms with E-state index in [0.717, 1.165) is 25.9 Å². The van der Waals surface area contributed by atoms with Gasteiger partial charge in [0.1, 0.15) is 22.8 Å². The second kappa shape index (κ2) is 9.58. The van der Waals surface area contributed by atoms with E-state index in [0.29, 0.717) is 11.3 Å². The lowest BCUT2D eigenvalue weighted by Crippen LogP contribution is -2.70. The van der Waals surface area contributed by atoms with Gasteiger partial charge in [0.25, 0.3) is 5.91 Å². The number of anilines is 1. The zero-order chi connectivity index (χ0) is 29.4. The normalized spacial score (nSPS) is 33.1. The second-order valence-electron chi connectivity index (χ2n) is 11.7. The minimum Gasteiger partial charge on any atom is -0.508 e. The molecule has 8 N–H and O–H groups in total. The van der Waals surface area contributed by atoms with Crippen molar-refractivity contribution >= 4 is 28.9 Å². The van der Waals surface area contributed by atoms with Gasteiger partial charge < -0.3 is 41.5 Å². The molecule has 1 aromatic rings. The summed E-state index contributed by atoms with van der Waals surface area (Å²) in [6.45, 7) is 3.47. The van der Waals surface area contributed by atoms with Crippen molar-refractivity contribution in [1.29, 1.82) is 0 Å². The van der Waals surface area contributed by atoms with Crippen molar-refractivity contribution in [2.45, 2.75) is 49.5 Å². The number of benzene rings is 1. The smallest absolute Gasteiger partial charge is 0.255 e. The van der Waals surface area contributed by atoms with Crippen LogP contribution in [0, 0.1) is 11.8 Å². The number of nitrogens with one attached hydrogen (secondary N) is 1. The van der Waals surface area contributed by atoms with Crippen molar-refractivity contribution in [3.8, 4) is 5.75 Å². The number of rotatable bonds is 4. The number of aliphatic hydroxyl groups is 4. The Hall–Kier alpha value is -3.45. The summed E-state index contributed by atoms with van der Waals surface area (Å²) in [6.07, 6.45) is 0.0733. The number of amides is 1. The average molecular weight is 557 g/mol. The summed E-state index contributed by atoms with van der Waals surface area (Å²) >= 11 is 0. The number of fused-ring (bicyclic) bond motifs is 3. The van der Waals surface area contributed by atoms with Gasteiger partial charge in [-0.05, 0) is 64.6 Å². The molecule has 0 spiro atoms. The first-order valence-corrected chi connectivity index (χ1v) is 13.4. The number of primary amides is 1. The van der Waals surface area contributed by atoms with Crippen LogP contribution in [0.3, 0.4) is 0 Å². The van der Waals surface area contributed by atoms with E-state index in [1.54, 1.807) is 19.1 Å². The Balaban J connectivity index is 1.67. The number of ketones is 2. The van der Waals surface area contributed by atoms with E-state index in [4.69, 9.17) is 5.73 Å². The Bertz CT molecular complexity index is 1360. The number of hydrogen-bond donors (Lipinski definition) is 7. The molecular formula is C28H36N4O8. The van der Waals surface area contributed by atoms with E-state index >= 15 is 0 Å². The Morgan fingerprint density at radius 3 is 2.35 bits per heavy atom. The Morgan fingerprint density at radius 1 is 1.15 bits per heavy atom. The number of carbonyl (C=O) groups excluding carboxylic acids is 3. The van der Waals surface area contributed by atoms with Crippen molar-refractivity contribution in [1.82, 2.24) is 9.80 Å². The molecule has 0 bridgehead atoms. The summed E-state index contributed by atoms with van der Waals surface area (Å²) in [6, 6.07) is 2.10. The number of Topliss-reactive ketones (excluding diaryl/α,β-unsaturated/α-hetero) is 2. The Labute approximate surface area is 231 Å². The van der Waals surface area contributed by atoms with Crippen molar-refractivity contribution in [3.05, 3.63) is 40.2 Å². The van der Waals surface area contributed by atoms with Crippen LogP contribution in [0.2, 0.25) is 0 Å². The Kier molecular flexibility index (Phi) is 6.73. The molecule has 1 heterocycles. The highest BCUT2D eigenvalue weighted by Gasteiger charge is 2.68. The maximum absolute atomic E-state index is 14.1. The van der Waals surface area contributed by atoms with Gasteiger partial charge in [-0.3, -0.25) is 19.3 Å². The molecule has 1 aliphatic heterocycles. The predicted molar refractivity (Wildman–Crippen MR) is 144 cm³/mol. The molecule has 6 atom stereocenters. The highest BCUT2D eigenvalue weighted by atomic mass is 16.4. The molecule has 4 aliphatic rings. The molecule has 12 heteroatoms. The minimum atomic E-state index is -2.93. The minimum absolute atomic E-state index is 0.0195. The van der Waals surface area contributed by atoms with Crippen LogP contribution in [0.15, 0.2) is 29.0 Å². The number of phenols is 1. The highest BCUT2D eigenvalue weighted by Crippen LogP contribution is 2.56. The number of phenolic OH excluding ortho intramolecular Hbond substituents is 1. The van der Waals surface area contributed by atoms with E-state index < -0.39 is 75.6 Å². The van der Waals surface area contributed by atoms with Crippen molar-refractivity contribution in [2.24, 2.45) is 17.6 Å². The van der Waals surface area contributed by atoms with Gasteiger partial charge in [-0.25, -0.2) is 0 Å². The fraction of sp³-hybridized carbons (Fsp3) is 0.536. The molecule has 1 saturated heterocycles. The van der Waals surface area contributed by atoms with Gasteiger partial charge in [0.05, 0.1) is 29.3 Å². The fourth-order valence-electron chi connectivity index (χ4n) is 7.11. The number of carbonyl (C=O) groups is 3. The number of likely N-dealkylation sites (tertiary alicyclic amines) is 1. The first-order valence-electron chi connectivity index (χ1n) is 13.4. The standard InChI is InChI=1S/C28H36N4O8/c1-11-13-5-6-14(30-12-7-9-32(4)10-8-12)21(33)16(13)22(34)17-15(11)23(35)19-20(31(2)3)24(36)18(27(29)39)26(38)28(19,40)25(17)37/h5-6,11-12,15,19-20,23,30,33-35,38,40H,7-10H2,1-4H3,(H2,29,39). The van der Waals surface area contributed by atoms with Gasteiger partial charge in [-0.15, -0.1) is 0 Å². The topological polar surface area (TPSA) is 197 Å². The molecule has 12 nitrogen and oxygen atoms in total. The lowest BCUT2D eigenvalue weighted by molar-refractivity contribution is -0.169. The summed E-state index contributed by atoms with van der Waals surface area (Å²) in [4.78, 5) is 43.0. The van der Waals surface area contributed by atoms with E-state index in [2.05, 4.69) is 10.2 Å². The molecule has 1 saturated carbocycles. The highest BCUT2D eigenvalue weighted by molar-refractivity contribution is 6.24. The molecule has 40 heavy (non-hydrogen) atoms. The van der Waals surface area contributed by atoms with Crippen molar-refractivity contribution in [3.63, 3.8) is 0 Å². The molecule has 5 rings (SSSR count). The van der Waals surface area contributed by atoms with Gasteiger partial charge in [0, 0.05) is 17.5 Å². The van der Waals surface area contributed by atoms with Crippen LogP contribution in [0.1, 0.15) is 36.8 Å². The summed E-state index contributed by atoms with van der Waals surface area (Å²) in [7, 11) is 4.98. The van der Waals surface area contributed by atoms with Crippen LogP contribution in [0.25, 0.3) is 5.76 Å². The molecule has 2 fully saturated rings. The SMILES string of the molecule is CC1c2ccc(NC3CCN(C)CC3)c(O)c2C(O)=C2C(=O)C3(O)C(O)=C(C(N)=O)C(=O)C(N(C)C)C3C(O)C21. The van der Waals surface area contributed by atoms with E-state index in [1.165, 1.54) is 19.0 Å². The molecule has 0 radical (unpaired) electrons. The van der Waals surface area contributed by atoms with Gasteiger partial charge in [0.2, 0.25) is 5.78 Å². The number of nitrogens with two attached hydrogens (primary N) is 1. The molecule has 6 unspecified atom stereocenters. The van der Waals surface area contributed by atoms with Crippen molar-refractivity contribution in [2.75, 3.05) is 39.5 Å². The predicted octanol–water partition coefficient (Wildman–Crippen LogP) is 0.00190. The first-order chi connectivity index (χ1) is 18.7. The van der Waals surface area contributed by atoms with Crippen LogP contribution < -0.4 is 11.1 Å². The maximum atomic E-state index is 14.1. The largest absolute Gasteiger partial charge is 0.508 e. The van der Waals surface area contributed by atoms with Gasteiger partial charge in [-0.2, -0.15) is 0 Å². The third-order valence-corrected chi connectivity index (χ3v) is 9.21. The lowest BCUT2D eigenvalue weighted by atomic mass is 9.54. The summed E-state index contributed by atoms with van der Waals surface area (Å²) in [5.41, 5.74) is 1.90. The monoisotopic (exact) mass is 556 g/mol. The summed E-state index contributed by atoms with van der Waals surface area (Å²) in [5, 5.41) is 60.5. The lowest BCUT2D eigenvalue weighted by Gasteiger charge is -2.53. The van der Waals surface area contributed by atoms with Gasteiger partial charge >= 0.3 is 0 Å². The zero-order valence-electron chi connectivity index (χ0n) is 22.9. The quantitative estimate of drug-likeness (QED) is 0.195. The van der Waals surface area contributed by atoms with Gasteiger partial charge in [0.15, 0.2) is 11.4 Å². The number of aromatic hydroxyl groups is 1. The van der Waals surface area contributed by atoms with Crippen molar-refractivity contribution < 1.29 is 39.9 Å². The number of hydrogen-bond acceptors (Lipinski definition) is 11. The molecule has 216 valence electrons. The molecular weight excluding hydrogens is 520 g/mol. The van der Waals surface area contributed by atoms with Crippen LogP contribution in [0.5, 0.6) is 5.75 Å². The summed E-state index contributed by atoms with van der Waals surface area (Å²) in [5.74, 6) is -8.94. The Morgan fingerprint density at radius 2 is 1.77 bits per heavy atom. The maximum Gasteiger partial charge on any atom is 0.255 e. The summed E-state index contributed by atoms with van der Waals surface area (Å²) < 4.78 is 0. The average Bonchev–Trinajstić information content (AvgIpc) is 2.88. The number of piperidine rings is 1. The number of nitrogens with zero attached hydrogens (tertiary/aromatic N) is 2. The number of likely N-dealkylation sites (N-methyl/N-ethyl adjacent to an activating group) is 1. The van der Waals surface area contributed by atoms with E-state index in [-0.39, 0.29) is 17.4 Å². The van der Waals surface area contributed by atoms with Crippen LogP contribution in [-0.4, -0.2) is 111 Å². The third-order valence-electron chi connectivity index (χ3n) is 9.21. The van der Waals surface area contributed by atoms with Crippen LogP contribution >= 0.6 is 0 Å². The molecule has 1 aromatic carbocycles. The zero-order valence-corrected chi connectivity index (χ0v) is 22.9. The van der Waals surface area contributed by atoms with Gasteiger partial charge in [-0.1, -0.05) is 13.0 Å². The molecule has 1 amide bonds. The van der Waals surface area contributed by atoms with E-state index in [9.17, 15) is 39.9 Å². The number of aliphatic hydroxyl groups excluding tert-OH is 3. The van der Waals surface area contributed by atoms with Crippen LogP contribution in [-0.2, 0) is 14.4 Å². The van der Waals surface area contributed by atoms with Crippen LogP contribution in [0.4, 0.5) is 5.69 Å². The first kappa shape index (κ1) is 28.1.